The summed E-state index contributed by atoms with van der Waals surface area (Å²) in [5.74, 6) is -0.221. The van der Waals surface area contributed by atoms with Gasteiger partial charge in [-0.3, -0.25) is 4.79 Å². The predicted octanol–water partition coefficient (Wildman–Crippen LogP) is 0.179. The molecule has 0 aromatic heterocycles. The Labute approximate surface area is 72.2 Å². The number of nitrogens with zero attached hydrogens (tertiary/aromatic N) is 1. The first-order valence-electron chi connectivity index (χ1n) is 4.05. The van der Waals surface area contributed by atoms with Crippen molar-refractivity contribution in [2.24, 2.45) is 0 Å². The van der Waals surface area contributed by atoms with E-state index in [9.17, 15) is 4.79 Å². The first kappa shape index (κ1) is 10.9. The number of unbranched alkanes of at least 4 members (excludes halogenated alkanes) is 2. The summed E-state index contributed by atoms with van der Waals surface area (Å²) in [5, 5.41) is 19.2. The van der Waals surface area contributed by atoms with E-state index in [1.807, 2.05) is 0 Å². The second kappa shape index (κ2) is 8.02. The molecule has 0 aliphatic carbocycles. The second-order valence-corrected chi connectivity index (χ2v) is 2.47. The molecule has 0 atom stereocenters. The quantitative estimate of drug-likeness (QED) is 0.558. The van der Waals surface area contributed by atoms with E-state index in [0.29, 0.717) is 6.54 Å². The highest BCUT2D eigenvalue weighted by atomic mass is 16.2. The summed E-state index contributed by atoms with van der Waals surface area (Å²) in [4.78, 5) is 10.7. The summed E-state index contributed by atoms with van der Waals surface area (Å²) in [6, 6.07) is 1.77. The first-order valence-corrected chi connectivity index (χ1v) is 4.05. The molecule has 0 aliphatic rings. The maximum atomic E-state index is 10.7. The van der Waals surface area contributed by atoms with Crippen LogP contribution in [0.4, 0.5) is 0 Å². The molecule has 2 N–H and O–H groups in total. The fraction of sp³-hybridized carbons (Fsp3) is 0.750. The summed E-state index contributed by atoms with van der Waals surface area (Å²) in [6.07, 6.45) is 2.47. The van der Waals surface area contributed by atoms with Crippen LogP contribution in [0.1, 0.15) is 25.7 Å². The zero-order chi connectivity index (χ0) is 9.23. The van der Waals surface area contributed by atoms with E-state index in [0.717, 1.165) is 19.3 Å². The van der Waals surface area contributed by atoms with Gasteiger partial charge in [-0.05, 0) is 19.3 Å². The molecule has 0 spiro atoms. The van der Waals surface area contributed by atoms with Crippen molar-refractivity contribution in [1.29, 1.82) is 5.26 Å². The molecule has 0 aliphatic heterocycles. The van der Waals surface area contributed by atoms with Gasteiger partial charge in [0.25, 0.3) is 0 Å². The van der Waals surface area contributed by atoms with Crippen LogP contribution in [0.2, 0.25) is 0 Å². The Hall–Kier alpha value is -1.08. The van der Waals surface area contributed by atoms with Crippen LogP contribution in [0.15, 0.2) is 0 Å². The molecule has 0 rings (SSSR count). The molecular weight excluding hydrogens is 156 g/mol. The van der Waals surface area contributed by atoms with E-state index in [2.05, 4.69) is 5.32 Å². The maximum absolute atomic E-state index is 10.7. The molecule has 0 saturated carbocycles. The number of hydrogen-bond acceptors (Lipinski definition) is 3. The van der Waals surface area contributed by atoms with Crippen LogP contribution in [0, 0.1) is 11.3 Å². The summed E-state index contributed by atoms with van der Waals surface area (Å²) >= 11 is 0. The number of nitrogens with one attached hydrogen (secondary N) is 1. The highest BCUT2D eigenvalue weighted by Gasteiger charge is 1.96. The second-order valence-electron chi connectivity index (χ2n) is 2.47. The van der Waals surface area contributed by atoms with Gasteiger partial charge in [0, 0.05) is 13.2 Å². The molecule has 0 aromatic rings. The van der Waals surface area contributed by atoms with Gasteiger partial charge >= 0.3 is 0 Å². The number of amides is 1. The van der Waals surface area contributed by atoms with E-state index in [-0.39, 0.29) is 18.9 Å². The molecule has 68 valence electrons. The molecule has 0 fully saturated rings. The summed E-state index contributed by atoms with van der Waals surface area (Å²) < 4.78 is 0. The van der Waals surface area contributed by atoms with Crippen molar-refractivity contribution in [3.05, 3.63) is 0 Å². The average molecular weight is 170 g/mol. The molecular formula is C8H14N2O2. The van der Waals surface area contributed by atoms with Crippen LogP contribution in [-0.2, 0) is 4.79 Å². The molecule has 12 heavy (non-hydrogen) atoms. The van der Waals surface area contributed by atoms with Crippen molar-refractivity contribution in [3.8, 4) is 6.07 Å². The monoisotopic (exact) mass is 170 g/mol. The average Bonchev–Trinajstić information content (AvgIpc) is 2.05. The molecule has 4 nitrogen and oxygen atoms in total. The number of carbonyl (C=O) groups excluding carboxylic acids is 1. The van der Waals surface area contributed by atoms with Crippen molar-refractivity contribution in [3.63, 3.8) is 0 Å². The van der Waals surface area contributed by atoms with Gasteiger partial charge in [0.15, 0.2) is 0 Å². The van der Waals surface area contributed by atoms with Crippen LogP contribution >= 0.6 is 0 Å². The third kappa shape index (κ3) is 7.03. The maximum Gasteiger partial charge on any atom is 0.234 e. The molecule has 0 heterocycles. The van der Waals surface area contributed by atoms with E-state index < -0.39 is 0 Å². The van der Waals surface area contributed by atoms with Gasteiger partial charge in [0.1, 0.15) is 6.42 Å². The Kier molecular flexibility index (Phi) is 7.30. The third-order valence-electron chi connectivity index (χ3n) is 1.40. The van der Waals surface area contributed by atoms with Crippen molar-refractivity contribution < 1.29 is 9.90 Å². The minimum Gasteiger partial charge on any atom is -0.396 e. The standard InChI is InChI=1S/C8H14N2O2/c9-5-4-8(12)10-6-2-1-3-7-11/h11H,1-4,6-7H2,(H,10,12). The Morgan fingerprint density at radius 3 is 2.75 bits per heavy atom. The fourth-order valence-corrected chi connectivity index (χ4v) is 0.776. The molecule has 0 bridgehead atoms. The smallest absolute Gasteiger partial charge is 0.234 e. The van der Waals surface area contributed by atoms with Crippen LogP contribution in [0.25, 0.3) is 0 Å². The fourth-order valence-electron chi connectivity index (χ4n) is 0.776. The van der Waals surface area contributed by atoms with Gasteiger partial charge in [-0.15, -0.1) is 0 Å². The number of nitriles is 1. The van der Waals surface area contributed by atoms with E-state index in [1.165, 1.54) is 0 Å². The number of carbonyl (C=O) groups is 1. The molecule has 0 aromatic carbocycles. The van der Waals surface area contributed by atoms with E-state index >= 15 is 0 Å². The topological polar surface area (TPSA) is 73.1 Å². The zero-order valence-electron chi connectivity index (χ0n) is 7.05. The van der Waals surface area contributed by atoms with Crippen LogP contribution < -0.4 is 5.32 Å². The normalized spacial score (nSPS) is 9.00. The van der Waals surface area contributed by atoms with Crippen molar-refractivity contribution in [2.45, 2.75) is 25.7 Å². The molecule has 4 heteroatoms. The number of aliphatic hydroxyl groups excluding tert-OH is 1. The minimum absolute atomic E-state index is 0.0694. The lowest BCUT2D eigenvalue weighted by molar-refractivity contribution is -0.120. The highest BCUT2D eigenvalue weighted by molar-refractivity contribution is 5.77. The Morgan fingerprint density at radius 2 is 2.17 bits per heavy atom. The van der Waals surface area contributed by atoms with Gasteiger partial charge in [-0.2, -0.15) is 5.26 Å². The Balaban J connectivity index is 3.10. The summed E-state index contributed by atoms with van der Waals surface area (Å²) in [6.45, 7) is 0.798. The van der Waals surface area contributed by atoms with Gasteiger partial charge < -0.3 is 10.4 Å². The largest absolute Gasteiger partial charge is 0.396 e. The predicted molar refractivity (Wildman–Crippen MR) is 44.2 cm³/mol. The molecule has 1 amide bonds. The van der Waals surface area contributed by atoms with E-state index in [1.54, 1.807) is 6.07 Å². The number of aliphatic hydroxyl groups is 1. The lowest BCUT2D eigenvalue weighted by atomic mass is 10.2. The van der Waals surface area contributed by atoms with Crippen molar-refractivity contribution in [1.82, 2.24) is 5.32 Å². The molecule has 0 unspecified atom stereocenters. The van der Waals surface area contributed by atoms with Gasteiger partial charge in [-0.1, -0.05) is 0 Å². The van der Waals surface area contributed by atoms with Crippen molar-refractivity contribution >= 4 is 5.91 Å². The van der Waals surface area contributed by atoms with E-state index in [4.69, 9.17) is 10.4 Å². The zero-order valence-corrected chi connectivity index (χ0v) is 7.05. The summed E-state index contributed by atoms with van der Waals surface area (Å²) in [5.41, 5.74) is 0. The van der Waals surface area contributed by atoms with Crippen molar-refractivity contribution in [2.75, 3.05) is 13.2 Å². The SMILES string of the molecule is N#CCC(=O)NCCCCCO. The van der Waals surface area contributed by atoms with Gasteiger partial charge in [0.2, 0.25) is 5.91 Å². The Bertz CT molecular complexity index is 163. The number of rotatable bonds is 6. The molecule has 0 radical (unpaired) electrons. The third-order valence-corrected chi connectivity index (χ3v) is 1.40. The lowest BCUT2D eigenvalue weighted by Gasteiger charge is -2.00. The van der Waals surface area contributed by atoms with Gasteiger partial charge in [0.05, 0.1) is 6.07 Å². The summed E-state index contributed by atoms with van der Waals surface area (Å²) in [7, 11) is 0. The van der Waals surface area contributed by atoms with Crippen LogP contribution in [0.5, 0.6) is 0 Å². The van der Waals surface area contributed by atoms with Crippen LogP contribution in [-0.4, -0.2) is 24.2 Å². The van der Waals surface area contributed by atoms with Crippen LogP contribution in [0.3, 0.4) is 0 Å². The Morgan fingerprint density at radius 1 is 1.42 bits per heavy atom. The molecule has 0 saturated heterocycles. The number of hydrogen-bond donors (Lipinski definition) is 2. The first-order chi connectivity index (χ1) is 5.81. The minimum atomic E-state index is -0.221. The van der Waals surface area contributed by atoms with Gasteiger partial charge in [-0.25, -0.2) is 0 Å². The highest BCUT2D eigenvalue weighted by Crippen LogP contribution is 1.91. The lowest BCUT2D eigenvalue weighted by Crippen LogP contribution is -2.23.